The van der Waals surface area contributed by atoms with Gasteiger partial charge in [-0.15, -0.1) is 0 Å². The summed E-state index contributed by atoms with van der Waals surface area (Å²) in [7, 11) is 1.69. The van der Waals surface area contributed by atoms with Gasteiger partial charge in [0.2, 0.25) is 5.91 Å². The Morgan fingerprint density at radius 2 is 2.05 bits per heavy atom. The molecule has 0 unspecified atom stereocenters. The first-order valence-electron chi connectivity index (χ1n) is 7.47. The van der Waals surface area contributed by atoms with Gasteiger partial charge in [0.05, 0.1) is 7.11 Å². The van der Waals surface area contributed by atoms with E-state index < -0.39 is 0 Å². The van der Waals surface area contributed by atoms with Gasteiger partial charge in [0, 0.05) is 12.0 Å². The monoisotopic (exact) mass is 275 g/mol. The van der Waals surface area contributed by atoms with Crippen LogP contribution in [0.4, 0.5) is 0 Å². The third-order valence-electron chi connectivity index (χ3n) is 4.37. The molecular formula is C17H25NO2. The van der Waals surface area contributed by atoms with Crippen molar-refractivity contribution < 1.29 is 9.53 Å². The van der Waals surface area contributed by atoms with Crippen molar-refractivity contribution in [2.75, 3.05) is 13.7 Å². The molecule has 0 bridgehead atoms. The standard InChI is InChI=1S/C17H25NO2/c1-13-6-7-15(20-3)14(12-13)8-11-18-16(19)17(2)9-4-5-10-17/h6-7,12H,4-5,8-11H2,1-3H3,(H,18,19). The molecule has 1 aromatic rings. The maximum absolute atomic E-state index is 12.2. The lowest BCUT2D eigenvalue weighted by atomic mass is 9.88. The molecule has 3 heteroatoms. The molecule has 20 heavy (non-hydrogen) atoms. The highest BCUT2D eigenvalue weighted by molar-refractivity contribution is 5.82. The van der Waals surface area contributed by atoms with Crippen LogP contribution in [0.25, 0.3) is 0 Å². The van der Waals surface area contributed by atoms with E-state index in [1.807, 2.05) is 12.1 Å². The van der Waals surface area contributed by atoms with Gasteiger partial charge in [-0.05, 0) is 37.8 Å². The number of hydrogen-bond acceptors (Lipinski definition) is 2. The topological polar surface area (TPSA) is 38.3 Å². The highest BCUT2D eigenvalue weighted by Gasteiger charge is 2.35. The molecular weight excluding hydrogens is 250 g/mol. The quantitative estimate of drug-likeness (QED) is 0.896. The number of rotatable bonds is 5. The van der Waals surface area contributed by atoms with Crippen LogP contribution < -0.4 is 10.1 Å². The van der Waals surface area contributed by atoms with Crippen molar-refractivity contribution in [2.45, 2.75) is 46.0 Å². The maximum atomic E-state index is 12.2. The van der Waals surface area contributed by atoms with Crippen LogP contribution in [0.3, 0.4) is 0 Å². The van der Waals surface area contributed by atoms with Crippen molar-refractivity contribution in [1.82, 2.24) is 5.32 Å². The number of ether oxygens (including phenoxy) is 1. The first-order valence-corrected chi connectivity index (χ1v) is 7.47. The summed E-state index contributed by atoms with van der Waals surface area (Å²) in [5.74, 6) is 1.11. The molecule has 0 aliphatic heterocycles. The van der Waals surface area contributed by atoms with E-state index in [4.69, 9.17) is 4.74 Å². The third kappa shape index (κ3) is 3.33. The third-order valence-corrected chi connectivity index (χ3v) is 4.37. The molecule has 0 radical (unpaired) electrons. The number of carbonyl (C=O) groups is 1. The van der Waals surface area contributed by atoms with Gasteiger partial charge in [-0.3, -0.25) is 4.79 Å². The summed E-state index contributed by atoms with van der Waals surface area (Å²) in [6.45, 7) is 4.83. The van der Waals surface area contributed by atoms with E-state index in [-0.39, 0.29) is 11.3 Å². The summed E-state index contributed by atoms with van der Waals surface area (Å²) in [4.78, 5) is 12.2. The predicted molar refractivity (Wildman–Crippen MR) is 81.0 cm³/mol. The van der Waals surface area contributed by atoms with Crippen molar-refractivity contribution in [3.05, 3.63) is 29.3 Å². The van der Waals surface area contributed by atoms with E-state index in [2.05, 4.69) is 25.2 Å². The Morgan fingerprint density at radius 1 is 1.35 bits per heavy atom. The molecule has 1 fully saturated rings. The Morgan fingerprint density at radius 3 is 2.70 bits per heavy atom. The minimum atomic E-state index is -0.142. The predicted octanol–water partition coefficient (Wildman–Crippen LogP) is 3.24. The number of carbonyl (C=O) groups excluding carboxylic acids is 1. The first-order chi connectivity index (χ1) is 9.55. The summed E-state index contributed by atoms with van der Waals surface area (Å²) in [5.41, 5.74) is 2.23. The Labute approximate surface area is 121 Å². The van der Waals surface area contributed by atoms with Crippen LogP contribution in [-0.4, -0.2) is 19.6 Å². The van der Waals surface area contributed by atoms with Gasteiger partial charge in [-0.2, -0.15) is 0 Å². The normalized spacial score (nSPS) is 16.9. The Balaban J connectivity index is 1.90. The Kier molecular flexibility index (Phi) is 4.69. The van der Waals surface area contributed by atoms with E-state index in [0.717, 1.165) is 30.6 Å². The second kappa shape index (κ2) is 6.29. The highest BCUT2D eigenvalue weighted by atomic mass is 16.5. The highest BCUT2D eigenvalue weighted by Crippen LogP contribution is 2.37. The Bertz CT molecular complexity index is 476. The minimum absolute atomic E-state index is 0.142. The van der Waals surface area contributed by atoms with Crippen LogP contribution in [0.2, 0.25) is 0 Å². The maximum Gasteiger partial charge on any atom is 0.225 e. The largest absolute Gasteiger partial charge is 0.496 e. The van der Waals surface area contributed by atoms with Crippen LogP contribution in [0.15, 0.2) is 18.2 Å². The van der Waals surface area contributed by atoms with E-state index in [1.54, 1.807) is 7.11 Å². The molecule has 0 atom stereocenters. The average Bonchev–Trinajstić information content (AvgIpc) is 2.87. The molecule has 0 heterocycles. The van der Waals surface area contributed by atoms with Crippen LogP contribution in [0, 0.1) is 12.3 Å². The molecule has 1 N–H and O–H groups in total. The van der Waals surface area contributed by atoms with Crippen molar-refractivity contribution in [3.63, 3.8) is 0 Å². The van der Waals surface area contributed by atoms with Crippen molar-refractivity contribution in [1.29, 1.82) is 0 Å². The van der Waals surface area contributed by atoms with E-state index in [0.29, 0.717) is 6.54 Å². The van der Waals surface area contributed by atoms with E-state index in [1.165, 1.54) is 18.4 Å². The number of nitrogens with one attached hydrogen (secondary N) is 1. The zero-order valence-electron chi connectivity index (χ0n) is 12.8. The molecule has 110 valence electrons. The lowest BCUT2D eigenvalue weighted by molar-refractivity contribution is -0.129. The van der Waals surface area contributed by atoms with E-state index >= 15 is 0 Å². The molecule has 1 aliphatic carbocycles. The molecule has 0 aromatic heterocycles. The van der Waals surface area contributed by atoms with Gasteiger partial charge in [-0.1, -0.05) is 37.5 Å². The smallest absolute Gasteiger partial charge is 0.225 e. The van der Waals surface area contributed by atoms with Crippen LogP contribution in [-0.2, 0) is 11.2 Å². The van der Waals surface area contributed by atoms with E-state index in [9.17, 15) is 4.79 Å². The molecule has 1 aromatic carbocycles. The van der Waals surface area contributed by atoms with Gasteiger partial charge in [0.1, 0.15) is 5.75 Å². The zero-order valence-corrected chi connectivity index (χ0v) is 12.8. The van der Waals surface area contributed by atoms with Crippen molar-refractivity contribution in [2.24, 2.45) is 5.41 Å². The average molecular weight is 275 g/mol. The molecule has 1 amide bonds. The molecule has 2 rings (SSSR count). The van der Waals surface area contributed by atoms with Gasteiger partial charge in [0.15, 0.2) is 0 Å². The lowest BCUT2D eigenvalue weighted by Gasteiger charge is -2.22. The summed E-state index contributed by atoms with van der Waals surface area (Å²) in [6, 6.07) is 6.16. The Hall–Kier alpha value is -1.51. The summed E-state index contributed by atoms with van der Waals surface area (Å²) >= 11 is 0. The fourth-order valence-corrected chi connectivity index (χ4v) is 3.01. The van der Waals surface area contributed by atoms with Gasteiger partial charge >= 0.3 is 0 Å². The molecule has 0 saturated heterocycles. The summed E-state index contributed by atoms with van der Waals surface area (Å²) < 4.78 is 5.36. The van der Waals surface area contributed by atoms with Crippen molar-refractivity contribution >= 4 is 5.91 Å². The van der Waals surface area contributed by atoms with Crippen LogP contribution in [0.1, 0.15) is 43.7 Å². The zero-order chi connectivity index (χ0) is 14.6. The fourth-order valence-electron chi connectivity index (χ4n) is 3.01. The summed E-state index contributed by atoms with van der Waals surface area (Å²) in [5, 5.41) is 3.09. The van der Waals surface area contributed by atoms with Crippen molar-refractivity contribution in [3.8, 4) is 5.75 Å². The minimum Gasteiger partial charge on any atom is -0.496 e. The van der Waals surface area contributed by atoms with Crippen LogP contribution in [0.5, 0.6) is 5.75 Å². The first kappa shape index (κ1) is 14.9. The number of hydrogen-bond donors (Lipinski definition) is 1. The summed E-state index contributed by atoms with van der Waals surface area (Å²) in [6.07, 6.45) is 5.21. The van der Waals surface area contributed by atoms with Crippen LogP contribution >= 0.6 is 0 Å². The second-order valence-corrected chi connectivity index (χ2v) is 6.09. The molecule has 1 aliphatic rings. The van der Waals surface area contributed by atoms with Gasteiger partial charge in [-0.25, -0.2) is 0 Å². The molecule has 1 saturated carbocycles. The molecule has 3 nitrogen and oxygen atoms in total. The fraction of sp³-hybridized carbons (Fsp3) is 0.588. The molecule has 0 spiro atoms. The number of methoxy groups -OCH3 is 1. The second-order valence-electron chi connectivity index (χ2n) is 6.09. The van der Waals surface area contributed by atoms with Gasteiger partial charge < -0.3 is 10.1 Å². The SMILES string of the molecule is COc1ccc(C)cc1CCNC(=O)C1(C)CCCC1. The number of amides is 1. The number of benzene rings is 1. The van der Waals surface area contributed by atoms with Gasteiger partial charge in [0.25, 0.3) is 0 Å². The lowest BCUT2D eigenvalue weighted by Crippen LogP contribution is -2.38. The number of aryl methyl sites for hydroxylation is 1.